The molecule has 0 atom stereocenters. The second-order valence-corrected chi connectivity index (χ2v) is 5.53. The second kappa shape index (κ2) is 8.84. The third-order valence-electron chi connectivity index (χ3n) is 3.10. The molecule has 7 heteroatoms. The van der Waals surface area contributed by atoms with Crippen LogP contribution >= 0.6 is 11.6 Å². The Balaban J connectivity index is 1.75. The van der Waals surface area contributed by atoms with Gasteiger partial charge in [-0.3, -0.25) is 20.4 Å². The maximum absolute atomic E-state index is 13.0. The maximum atomic E-state index is 13.0. The van der Waals surface area contributed by atoms with Gasteiger partial charge >= 0.3 is 0 Å². The summed E-state index contributed by atoms with van der Waals surface area (Å²) in [6.07, 6.45) is 2.61. The van der Waals surface area contributed by atoms with Crippen LogP contribution in [0.15, 0.2) is 48.5 Å². The van der Waals surface area contributed by atoms with Crippen LogP contribution in [0.1, 0.15) is 11.1 Å². The monoisotopic (exact) mass is 362 g/mol. The van der Waals surface area contributed by atoms with Crippen LogP contribution in [0.5, 0.6) is 5.75 Å². The molecule has 0 spiro atoms. The molecule has 0 heterocycles. The Kier molecular flexibility index (Phi) is 6.54. The van der Waals surface area contributed by atoms with Crippen molar-refractivity contribution in [2.24, 2.45) is 0 Å². The van der Waals surface area contributed by atoms with Gasteiger partial charge in [-0.05, 0) is 54.5 Å². The minimum absolute atomic E-state index is 0.269. The van der Waals surface area contributed by atoms with E-state index in [0.717, 1.165) is 5.56 Å². The van der Waals surface area contributed by atoms with E-state index in [1.54, 1.807) is 24.3 Å². The van der Waals surface area contributed by atoms with Crippen LogP contribution in [0.3, 0.4) is 0 Å². The molecule has 0 aliphatic rings. The van der Waals surface area contributed by atoms with E-state index in [4.69, 9.17) is 16.3 Å². The molecule has 0 bridgehead atoms. The lowest BCUT2D eigenvalue weighted by molar-refractivity contribution is -0.128. The zero-order chi connectivity index (χ0) is 18.2. The van der Waals surface area contributed by atoms with Gasteiger partial charge in [0.25, 0.3) is 11.8 Å². The van der Waals surface area contributed by atoms with E-state index in [1.165, 1.54) is 30.4 Å². The van der Waals surface area contributed by atoms with Gasteiger partial charge < -0.3 is 4.74 Å². The molecule has 0 radical (unpaired) electrons. The highest BCUT2D eigenvalue weighted by Gasteiger charge is 2.05. The summed E-state index contributed by atoms with van der Waals surface area (Å²) in [5.74, 6) is -0.986. The van der Waals surface area contributed by atoms with E-state index >= 15 is 0 Å². The average Bonchev–Trinajstić information content (AvgIpc) is 2.59. The molecule has 0 aliphatic heterocycles. The number of halogens is 2. The molecule has 0 aliphatic carbocycles. The number of carbonyl (C=O) groups is 2. The average molecular weight is 363 g/mol. The smallest absolute Gasteiger partial charge is 0.276 e. The zero-order valence-corrected chi connectivity index (χ0v) is 14.1. The van der Waals surface area contributed by atoms with Crippen molar-refractivity contribution in [1.29, 1.82) is 0 Å². The second-order valence-electron chi connectivity index (χ2n) is 5.13. The first kappa shape index (κ1) is 18.5. The van der Waals surface area contributed by atoms with Crippen LogP contribution in [-0.4, -0.2) is 18.4 Å². The Morgan fingerprint density at radius 2 is 2.00 bits per heavy atom. The summed E-state index contributed by atoms with van der Waals surface area (Å²) in [4.78, 5) is 23.2. The van der Waals surface area contributed by atoms with Crippen molar-refractivity contribution in [1.82, 2.24) is 10.9 Å². The Hall–Kier alpha value is -2.86. The molecule has 25 heavy (non-hydrogen) atoms. The summed E-state index contributed by atoms with van der Waals surface area (Å²) < 4.78 is 18.3. The summed E-state index contributed by atoms with van der Waals surface area (Å²) in [5, 5.41) is 0.606. The number of aryl methyl sites for hydroxylation is 1. The number of rotatable bonds is 5. The van der Waals surface area contributed by atoms with Crippen LogP contribution in [0.2, 0.25) is 5.02 Å². The molecular weight excluding hydrogens is 347 g/mol. The van der Waals surface area contributed by atoms with Crippen molar-refractivity contribution in [2.45, 2.75) is 6.92 Å². The largest absolute Gasteiger partial charge is 0.484 e. The predicted molar refractivity (Wildman–Crippen MR) is 93.4 cm³/mol. The van der Waals surface area contributed by atoms with E-state index in [9.17, 15) is 14.0 Å². The van der Waals surface area contributed by atoms with Gasteiger partial charge in [-0.25, -0.2) is 4.39 Å². The van der Waals surface area contributed by atoms with Crippen molar-refractivity contribution in [3.05, 3.63) is 70.5 Å². The number of hydrogen-bond acceptors (Lipinski definition) is 3. The molecule has 2 N–H and O–H groups in total. The quantitative estimate of drug-likeness (QED) is 0.634. The van der Waals surface area contributed by atoms with Crippen LogP contribution in [0.4, 0.5) is 4.39 Å². The Morgan fingerprint density at radius 1 is 1.20 bits per heavy atom. The fourth-order valence-electron chi connectivity index (χ4n) is 1.85. The molecule has 5 nitrogen and oxygen atoms in total. The van der Waals surface area contributed by atoms with Crippen LogP contribution in [-0.2, 0) is 9.59 Å². The molecule has 2 rings (SSSR count). The topological polar surface area (TPSA) is 67.4 Å². The molecular formula is C18H16ClFN2O3. The summed E-state index contributed by atoms with van der Waals surface area (Å²) in [7, 11) is 0. The fourth-order valence-corrected chi connectivity index (χ4v) is 1.96. The lowest BCUT2D eigenvalue weighted by Gasteiger charge is -2.08. The normalized spacial score (nSPS) is 10.5. The van der Waals surface area contributed by atoms with Gasteiger partial charge in [0.2, 0.25) is 0 Å². The molecule has 0 unspecified atom stereocenters. The maximum Gasteiger partial charge on any atom is 0.276 e. The lowest BCUT2D eigenvalue weighted by atomic mass is 10.2. The van der Waals surface area contributed by atoms with Crippen molar-refractivity contribution >= 4 is 29.5 Å². The molecule has 130 valence electrons. The number of benzene rings is 2. The molecule has 0 fully saturated rings. The number of carbonyl (C=O) groups excluding carboxylic acids is 2. The molecule has 0 saturated carbocycles. The van der Waals surface area contributed by atoms with E-state index in [-0.39, 0.29) is 6.61 Å². The van der Waals surface area contributed by atoms with E-state index in [0.29, 0.717) is 16.3 Å². The molecule has 2 aromatic rings. The Bertz CT molecular complexity index is 809. The predicted octanol–water partition coefficient (Wildman–Crippen LogP) is 3.03. The van der Waals surface area contributed by atoms with E-state index < -0.39 is 17.6 Å². The highest BCUT2D eigenvalue weighted by Crippen LogP contribution is 2.20. The van der Waals surface area contributed by atoms with Gasteiger partial charge in [-0.15, -0.1) is 0 Å². The van der Waals surface area contributed by atoms with Gasteiger partial charge in [0.15, 0.2) is 6.61 Å². The third-order valence-corrected chi connectivity index (χ3v) is 3.52. The summed E-state index contributed by atoms with van der Waals surface area (Å²) in [6.45, 7) is 1.55. The van der Waals surface area contributed by atoms with Gasteiger partial charge in [-0.2, -0.15) is 0 Å². The van der Waals surface area contributed by atoms with Crippen LogP contribution < -0.4 is 15.6 Å². The fraction of sp³-hybridized carbons (Fsp3) is 0.111. The molecule has 2 aromatic carbocycles. The first-order valence-corrected chi connectivity index (χ1v) is 7.73. The van der Waals surface area contributed by atoms with Gasteiger partial charge in [-0.1, -0.05) is 23.7 Å². The van der Waals surface area contributed by atoms with Gasteiger partial charge in [0, 0.05) is 11.1 Å². The van der Waals surface area contributed by atoms with Crippen molar-refractivity contribution in [3.8, 4) is 5.75 Å². The number of ether oxygens (including phenoxy) is 1. The molecule has 0 aromatic heterocycles. The Morgan fingerprint density at radius 3 is 2.72 bits per heavy atom. The minimum Gasteiger partial charge on any atom is -0.484 e. The third kappa shape index (κ3) is 6.27. The molecule has 2 amide bonds. The first-order chi connectivity index (χ1) is 11.9. The van der Waals surface area contributed by atoms with Crippen LogP contribution in [0.25, 0.3) is 6.08 Å². The highest BCUT2D eigenvalue weighted by molar-refractivity contribution is 6.31. The number of hydrazine groups is 1. The summed E-state index contributed by atoms with van der Waals surface area (Å²) >= 11 is 5.90. The summed E-state index contributed by atoms with van der Waals surface area (Å²) in [5.41, 5.74) is 5.77. The number of amides is 2. The first-order valence-electron chi connectivity index (χ1n) is 7.35. The highest BCUT2D eigenvalue weighted by atomic mass is 35.5. The zero-order valence-electron chi connectivity index (χ0n) is 13.4. The van der Waals surface area contributed by atoms with Crippen molar-refractivity contribution < 1.29 is 18.7 Å². The van der Waals surface area contributed by atoms with E-state index in [1.807, 2.05) is 6.92 Å². The molecule has 0 saturated heterocycles. The van der Waals surface area contributed by atoms with E-state index in [2.05, 4.69) is 10.9 Å². The van der Waals surface area contributed by atoms with Gasteiger partial charge in [0.1, 0.15) is 11.6 Å². The Labute approximate surface area is 149 Å². The number of hydrogen-bond donors (Lipinski definition) is 2. The lowest BCUT2D eigenvalue weighted by Crippen LogP contribution is -2.43. The van der Waals surface area contributed by atoms with Gasteiger partial charge in [0.05, 0.1) is 0 Å². The van der Waals surface area contributed by atoms with Crippen molar-refractivity contribution in [2.75, 3.05) is 6.61 Å². The van der Waals surface area contributed by atoms with Crippen molar-refractivity contribution in [3.63, 3.8) is 0 Å². The SMILES string of the molecule is Cc1cc(OCC(=O)NNC(=O)/C=C/c2cccc(F)c2)ccc1Cl. The van der Waals surface area contributed by atoms with Crippen LogP contribution in [0, 0.1) is 12.7 Å². The minimum atomic E-state index is -0.556. The standard InChI is InChI=1S/C18H16ClFN2O3/c1-12-9-15(6-7-16(12)19)25-11-18(24)22-21-17(23)8-5-13-3-2-4-14(20)10-13/h2-10H,11H2,1H3,(H,21,23)(H,22,24)/b8-5+. The number of nitrogens with one attached hydrogen (secondary N) is 2. The summed E-state index contributed by atoms with van der Waals surface area (Å²) in [6, 6.07) is 10.8.